The summed E-state index contributed by atoms with van der Waals surface area (Å²) in [7, 11) is 1.71. The Kier molecular flexibility index (Phi) is 5.21. The molecule has 2 aromatic heterocycles. The molecule has 136 valence electrons. The van der Waals surface area contributed by atoms with Gasteiger partial charge >= 0.3 is 0 Å². The van der Waals surface area contributed by atoms with Crippen LogP contribution >= 0.6 is 0 Å². The Hall–Kier alpha value is -2.89. The number of aryl methyl sites for hydroxylation is 2. The van der Waals surface area contributed by atoms with E-state index >= 15 is 0 Å². The van der Waals surface area contributed by atoms with Gasteiger partial charge in [-0.05, 0) is 50.1 Å². The maximum atomic E-state index is 13.8. The van der Waals surface area contributed by atoms with E-state index in [0.717, 1.165) is 22.6 Å². The van der Waals surface area contributed by atoms with Crippen LogP contribution in [0.4, 0.5) is 4.39 Å². The summed E-state index contributed by atoms with van der Waals surface area (Å²) < 4.78 is 15.8. The van der Waals surface area contributed by atoms with Gasteiger partial charge in [0, 0.05) is 18.9 Å². The number of guanidine groups is 1. The zero-order valence-corrected chi connectivity index (χ0v) is 15.5. The topological polar surface area (TPSA) is 53.7 Å². The van der Waals surface area contributed by atoms with Gasteiger partial charge in [-0.2, -0.15) is 0 Å². The van der Waals surface area contributed by atoms with Gasteiger partial charge in [0.15, 0.2) is 5.96 Å². The fourth-order valence-corrected chi connectivity index (χ4v) is 2.82. The van der Waals surface area contributed by atoms with Crippen LogP contribution in [0.25, 0.3) is 5.65 Å². The largest absolute Gasteiger partial charge is 0.351 e. The summed E-state index contributed by atoms with van der Waals surface area (Å²) in [4.78, 5) is 8.85. The SMILES string of the molecule is CN=C(NCc1cn2c(C)cccc2n1)NC(C)c1ccc(C)c(F)c1. The Morgan fingerprint density at radius 2 is 2.08 bits per heavy atom. The third-order valence-corrected chi connectivity index (χ3v) is 4.46. The highest BCUT2D eigenvalue weighted by molar-refractivity contribution is 5.80. The molecular weight excluding hydrogens is 329 g/mol. The molecule has 6 heteroatoms. The number of nitrogens with one attached hydrogen (secondary N) is 2. The smallest absolute Gasteiger partial charge is 0.191 e. The van der Waals surface area contributed by atoms with Crippen molar-refractivity contribution in [3.05, 3.63) is 70.9 Å². The number of rotatable bonds is 4. The molecule has 2 heterocycles. The van der Waals surface area contributed by atoms with E-state index in [9.17, 15) is 4.39 Å². The van der Waals surface area contributed by atoms with E-state index < -0.39 is 0 Å². The van der Waals surface area contributed by atoms with Crippen LogP contribution in [0.15, 0.2) is 47.6 Å². The van der Waals surface area contributed by atoms with Gasteiger partial charge in [0.25, 0.3) is 0 Å². The lowest BCUT2D eigenvalue weighted by Crippen LogP contribution is -2.38. The van der Waals surface area contributed by atoms with E-state index in [1.165, 1.54) is 0 Å². The lowest BCUT2D eigenvalue weighted by atomic mass is 10.1. The van der Waals surface area contributed by atoms with Crippen LogP contribution in [0.1, 0.15) is 35.5 Å². The first-order valence-corrected chi connectivity index (χ1v) is 8.64. The Bertz CT molecular complexity index is 945. The van der Waals surface area contributed by atoms with Crippen molar-refractivity contribution in [2.24, 2.45) is 4.99 Å². The predicted molar refractivity (Wildman–Crippen MR) is 103 cm³/mol. The van der Waals surface area contributed by atoms with Crippen LogP contribution in [0.2, 0.25) is 0 Å². The molecule has 1 atom stereocenters. The minimum absolute atomic E-state index is 0.0698. The average molecular weight is 353 g/mol. The summed E-state index contributed by atoms with van der Waals surface area (Å²) in [6, 6.07) is 11.2. The molecule has 0 spiro atoms. The lowest BCUT2D eigenvalue weighted by molar-refractivity contribution is 0.607. The number of benzene rings is 1. The number of nitrogens with zero attached hydrogens (tertiary/aromatic N) is 3. The molecule has 0 saturated heterocycles. The minimum atomic E-state index is -0.195. The van der Waals surface area contributed by atoms with E-state index in [1.807, 2.05) is 31.3 Å². The van der Waals surface area contributed by atoms with Gasteiger partial charge < -0.3 is 15.0 Å². The molecule has 0 amide bonds. The van der Waals surface area contributed by atoms with Gasteiger partial charge in [-0.3, -0.25) is 4.99 Å². The molecule has 0 aliphatic carbocycles. The third-order valence-electron chi connectivity index (χ3n) is 4.46. The second-order valence-electron chi connectivity index (χ2n) is 6.43. The summed E-state index contributed by atoms with van der Waals surface area (Å²) in [5.74, 6) is 0.450. The molecule has 3 rings (SSSR count). The van der Waals surface area contributed by atoms with Crippen molar-refractivity contribution in [2.45, 2.75) is 33.4 Å². The predicted octanol–water partition coefficient (Wildman–Crippen LogP) is 3.52. The van der Waals surface area contributed by atoms with E-state index in [0.29, 0.717) is 18.1 Å². The molecule has 2 N–H and O–H groups in total. The maximum absolute atomic E-state index is 13.8. The minimum Gasteiger partial charge on any atom is -0.351 e. The summed E-state index contributed by atoms with van der Waals surface area (Å²) in [6.45, 7) is 6.34. The summed E-state index contributed by atoms with van der Waals surface area (Å²) in [5.41, 5.74) is 4.51. The Labute approximate surface area is 153 Å². The molecule has 0 saturated carbocycles. The normalized spacial score (nSPS) is 13.0. The molecule has 0 radical (unpaired) electrons. The number of pyridine rings is 1. The van der Waals surface area contributed by atoms with Crippen molar-refractivity contribution in [2.75, 3.05) is 7.05 Å². The number of hydrogen-bond donors (Lipinski definition) is 2. The van der Waals surface area contributed by atoms with Crippen LogP contribution in [-0.4, -0.2) is 22.4 Å². The number of halogens is 1. The summed E-state index contributed by atoms with van der Waals surface area (Å²) >= 11 is 0. The van der Waals surface area contributed by atoms with Crippen LogP contribution < -0.4 is 10.6 Å². The highest BCUT2D eigenvalue weighted by atomic mass is 19.1. The second kappa shape index (κ2) is 7.56. The van der Waals surface area contributed by atoms with Gasteiger partial charge in [-0.25, -0.2) is 9.37 Å². The summed E-state index contributed by atoms with van der Waals surface area (Å²) in [6.07, 6.45) is 2.02. The lowest BCUT2D eigenvalue weighted by Gasteiger charge is -2.18. The zero-order valence-electron chi connectivity index (χ0n) is 15.5. The molecule has 5 nitrogen and oxygen atoms in total. The third kappa shape index (κ3) is 3.85. The molecule has 0 bridgehead atoms. The highest BCUT2D eigenvalue weighted by Crippen LogP contribution is 2.16. The number of aromatic nitrogens is 2. The number of imidazole rings is 1. The highest BCUT2D eigenvalue weighted by Gasteiger charge is 2.10. The zero-order chi connectivity index (χ0) is 18.7. The molecule has 0 aliphatic heterocycles. The van der Waals surface area contributed by atoms with Crippen molar-refractivity contribution in [1.82, 2.24) is 20.0 Å². The Balaban J connectivity index is 1.65. The fraction of sp³-hybridized carbons (Fsp3) is 0.300. The monoisotopic (exact) mass is 353 g/mol. The fourth-order valence-electron chi connectivity index (χ4n) is 2.82. The number of fused-ring (bicyclic) bond motifs is 1. The van der Waals surface area contributed by atoms with Crippen molar-refractivity contribution < 1.29 is 4.39 Å². The molecular formula is C20H24FN5. The molecule has 3 aromatic rings. The van der Waals surface area contributed by atoms with Crippen LogP contribution in [0.3, 0.4) is 0 Å². The average Bonchev–Trinajstić information content (AvgIpc) is 3.05. The first-order valence-electron chi connectivity index (χ1n) is 8.64. The molecule has 1 aromatic carbocycles. The first-order chi connectivity index (χ1) is 12.5. The van der Waals surface area contributed by atoms with E-state index in [2.05, 4.69) is 38.0 Å². The molecule has 26 heavy (non-hydrogen) atoms. The number of hydrogen-bond acceptors (Lipinski definition) is 2. The van der Waals surface area contributed by atoms with Gasteiger partial charge in [-0.15, -0.1) is 0 Å². The van der Waals surface area contributed by atoms with E-state index in [4.69, 9.17) is 0 Å². The van der Waals surface area contributed by atoms with E-state index in [-0.39, 0.29) is 11.9 Å². The molecule has 0 fully saturated rings. The van der Waals surface area contributed by atoms with Gasteiger partial charge in [0.1, 0.15) is 11.5 Å². The van der Waals surface area contributed by atoms with Crippen molar-refractivity contribution in [1.29, 1.82) is 0 Å². The number of aliphatic imine (C=N–C) groups is 1. The van der Waals surface area contributed by atoms with Gasteiger partial charge in [0.05, 0.1) is 18.3 Å². The van der Waals surface area contributed by atoms with Gasteiger partial charge in [0.2, 0.25) is 0 Å². The van der Waals surface area contributed by atoms with Crippen LogP contribution in [0.5, 0.6) is 0 Å². The Morgan fingerprint density at radius 1 is 1.27 bits per heavy atom. The first kappa shape index (κ1) is 17.9. The van der Waals surface area contributed by atoms with Gasteiger partial charge in [-0.1, -0.05) is 18.2 Å². The van der Waals surface area contributed by atoms with Crippen LogP contribution in [0, 0.1) is 19.7 Å². The summed E-state index contributed by atoms with van der Waals surface area (Å²) in [5, 5.41) is 6.54. The molecule has 1 unspecified atom stereocenters. The van der Waals surface area contributed by atoms with Crippen molar-refractivity contribution in [3.8, 4) is 0 Å². The van der Waals surface area contributed by atoms with E-state index in [1.54, 1.807) is 26.1 Å². The van der Waals surface area contributed by atoms with Crippen LogP contribution in [-0.2, 0) is 6.54 Å². The standard InChI is InChI=1S/C20H24FN5/c1-13-8-9-16(10-18(13)21)15(3)24-20(22-4)23-11-17-12-26-14(2)6-5-7-19(26)25-17/h5-10,12,15H,11H2,1-4H3,(H2,22,23,24). The Morgan fingerprint density at radius 3 is 2.77 bits per heavy atom. The van der Waals surface area contributed by atoms with Crippen molar-refractivity contribution in [3.63, 3.8) is 0 Å². The van der Waals surface area contributed by atoms with Crippen molar-refractivity contribution >= 4 is 11.6 Å². The second-order valence-corrected chi connectivity index (χ2v) is 6.43. The maximum Gasteiger partial charge on any atom is 0.191 e. The quantitative estimate of drug-likeness (QED) is 0.557. The molecule has 0 aliphatic rings.